The first-order valence-corrected chi connectivity index (χ1v) is 15.2. The Morgan fingerprint density at radius 3 is 1.24 bits per heavy atom. The van der Waals surface area contributed by atoms with Crippen molar-refractivity contribution < 1.29 is 10.2 Å². The van der Waals surface area contributed by atoms with Gasteiger partial charge >= 0.3 is 0 Å². The van der Waals surface area contributed by atoms with Crippen LogP contribution in [0.3, 0.4) is 0 Å². The summed E-state index contributed by atoms with van der Waals surface area (Å²) in [5.74, 6) is 0. The van der Waals surface area contributed by atoms with Gasteiger partial charge < -0.3 is 10.2 Å². The van der Waals surface area contributed by atoms with E-state index in [-0.39, 0.29) is 0 Å². The highest BCUT2D eigenvalue weighted by Crippen LogP contribution is 2.54. The van der Waals surface area contributed by atoms with Gasteiger partial charge in [-0.15, -0.1) is 0 Å². The van der Waals surface area contributed by atoms with Crippen LogP contribution < -0.4 is 0 Å². The van der Waals surface area contributed by atoms with E-state index in [1.807, 2.05) is 60.7 Å². The maximum atomic E-state index is 12.7. The van der Waals surface area contributed by atoms with Crippen molar-refractivity contribution in [2.45, 2.75) is 63.6 Å². The molecule has 4 aromatic carbocycles. The van der Waals surface area contributed by atoms with Crippen LogP contribution in [0.15, 0.2) is 93.9 Å². The normalized spacial score (nSPS) is 20.2. The number of rotatable bonds is 8. The predicted octanol–water partition coefficient (Wildman–Crippen LogP) is 8.78. The van der Waals surface area contributed by atoms with Crippen molar-refractivity contribution >= 4 is 31.9 Å². The summed E-state index contributed by atoms with van der Waals surface area (Å²) < 4.78 is 1.71. The van der Waals surface area contributed by atoms with E-state index in [0.717, 1.165) is 58.6 Å². The summed E-state index contributed by atoms with van der Waals surface area (Å²) in [6, 6.07) is 28.3. The SMILES string of the molecule is CCCCc1ccc(C2(O)c3ccc(Br)cc3C(O)(c3ccc(CCCC)cc3)c3ccc(Br)cc32)cc1. The molecule has 1 aliphatic carbocycles. The molecule has 0 spiro atoms. The van der Waals surface area contributed by atoms with Crippen molar-refractivity contribution in [3.05, 3.63) is 138 Å². The van der Waals surface area contributed by atoms with Gasteiger partial charge in [-0.3, -0.25) is 0 Å². The summed E-state index contributed by atoms with van der Waals surface area (Å²) in [5, 5.41) is 25.4. The molecule has 0 aliphatic heterocycles. The topological polar surface area (TPSA) is 40.5 Å². The molecule has 0 bridgehead atoms. The summed E-state index contributed by atoms with van der Waals surface area (Å²) in [6.45, 7) is 4.39. The lowest BCUT2D eigenvalue weighted by Gasteiger charge is -2.45. The molecule has 4 heteroatoms. The predicted molar refractivity (Wildman–Crippen MR) is 163 cm³/mol. The average molecular weight is 634 g/mol. The zero-order valence-corrected chi connectivity index (χ0v) is 25.1. The Kier molecular flexibility index (Phi) is 7.98. The fourth-order valence-corrected chi connectivity index (χ4v) is 6.48. The first-order valence-electron chi connectivity index (χ1n) is 13.6. The number of hydrogen-bond acceptors (Lipinski definition) is 2. The maximum absolute atomic E-state index is 12.7. The highest BCUT2D eigenvalue weighted by atomic mass is 79.9. The van der Waals surface area contributed by atoms with Crippen LogP contribution >= 0.6 is 31.9 Å². The highest BCUT2D eigenvalue weighted by Gasteiger charge is 2.51. The van der Waals surface area contributed by atoms with E-state index in [0.29, 0.717) is 22.3 Å². The minimum absolute atomic E-state index is 0.681. The van der Waals surface area contributed by atoms with E-state index in [9.17, 15) is 10.2 Å². The highest BCUT2D eigenvalue weighted by molar-refractivity contribution is 9.10. The third-order valence-electron chi connectivity index (χ3n) is 7.90. The molecule has 0 aromatic heterocycles. The zero-order chi connectivity index (χ0) is 26.9. The molecule has 2 unspecified atom stereocenters. The quantitative estimate of drug-likeness (QED) is 0.204. The Hall–Kier alpha value is -2.24. The third-order valence-corrected chi connectivity index (χ3v) is 8.89. The summed E-state index contributed by atoms with van der Waals surface area (Å²) in [6.07, 6.45) is 6.62. The van der Waals surface area contributed by atoms with Crippen molar-refractivity contribution in [2.75, 3.05) is 0 Å². The molecule has 0 saturated carbocycles. The van der Waals surface area contributed by atoms with Crippen LogP contribution in [0.1, 0.15) is 84.0 Å². The second-order valence-corrected chi connectivity index (χ2v) is 12.2. The Bertz CT molecular complexity index is 1320. The maximum Gasteiger partial charge on any atom is 0.141 e. The Balaban J connectivity index is 1.73. The van der Waals surface area contributed by atoms with Gasteiger partial charge in [-0.1, -0.05) is 119 Å². The van der Waals surface area contributed by atoms with E-state index in [1.165, 1.54) is 11.1 Å². The second-order valence-electron chi connectivity index (χ2n) is 10.4. The monoisotopic (exact) mass is 632 g/mol. The Morgan fingerprint density at radius 1 is 0.526 bits per heavy atom. The lowest BCUT2D eigenvalue weighted by atomic mass is 9.63. The number of benzene rings is 4. The molecule has 5 rings (SSSR count). The number of aryl methyl sites for hydroxylation is 2. The van der Waals surface area contributed by atoms with E-state index < -0.39 is 11.2 Å². The number of halogens is 2. The number of hydrogen-bond donors (Lipinski definition) is 2. The van der Waals surface area contributed by atoms with Crippen LogP contribution in [0.2, 0.25) is 0 Å². The molecule has 2 N–H and O–H groups in total. The van der Waals surface area contributed by atoms with Crippen LogP contribution in [0.4, 0.5) is 0 Å². The molecule has 4 aromatic rings. The third kappa shape index (κ3) is 4.70. The van der Waals surface area contributed by atoms with Gasteiger partial charge in [0.2, 0.25) is 0 Å². The van der Waals surface area contributed by atoms with E-state index in [4.69, 9.17) is 0 Å². The molecular formula is C34H34Br2O2. The number of unbranched alkanes of at least 4 members (excludes halogenated alkanes) is 2. The molecular weight excluding hydrogens is 600 g/mol. The molecule has 2 atom stereocenters. The van der Waals surface area contributed by atoms with E-state index in [2.05, 4.69) is 70.0 Å². The van der Waals surface area contributed by atoms with Gasteiger partial charge in [0, 0.05) is 20.1 Å². The van der Waals surface area contributed by atoms with Crippen LogP contribution in [0.5, 0.6) is 0 Å². The summed E-state index contributed by atoms with van der Waals surface area (Å²) >= 11 is 7.27. The van der Waals surface area contributed by atoms with Gasteiger partial charge in [0.05, 0.1) is 0 Å². The Morgan fingerprint density at radius 2 is 0.895 bits per heavy atom. The molecule has 196 valence electrons. The zero-order valence-electron chi connectivity index (χ0n) is 22.0. The first-order chi connectivity index (χ1) is 18.3. The van der Waals surface area contributed by atoms with Crippen LogP contribution in [-0.4, -0.2) is 10.2 Å². The first kappa shape index (κ1) is 27.3. The molecule has 38 heavy (non-hydrogen) atoms. The van der Waals surface area contributed by atoms with Gasteiger partial charge in [0.15, 0.2) is 0 Å². The summed E-state index contributed by atoms with van der Waals surface area (Å²) in [7, 11) is 0. The van der Waals surface area contributed by atoms with Crippen LogP contribution in [0.25, 0.3) is 0 Å². The lowest BCUT2D eigenvalue weighted by molar-refractivity contribution is 0.0746. The van der Waals surface area contributed by atoms with Crippen LogP contribution in [-0.2, 0) is 24.0 Å². The van der Waals surface area contributed by atoms with Gasteiger partial charge in [0.25, 0.3) is 0 Å². The minimum atomic E-state index is -1.42. The van der Waals surface area contributed by atoms with Crippen molar-refractivity contribution in [3.63, 3.8) is 0 Å². The van der Waals surface area contributed by atoms with E-state index >= 15 is 0 Å². The molecule has 0 heterocycles. The molecule has 0 saturated heterocycles. The van der Waals surface area contributed by atoms with Gasteiger partial charge in [-0.25, -0.2) is 0 Å². The van der Waals surface area contributed by atoms with Gasteiger partial charge in [-0.05, 0) is 83.3 Å². The van der Waals surface area contributed by atoms with Crippen molar-refractivity contribution in [3.8, 4) is 0 Å². The number of fused-ring (bicyclic) bond motifs is 2. The van der Waals surface area contributed by atoms with E-state index in [1.54, 1.807) is 0 Å². The Labute approximate surface area is 243 Å². The van der Waals surface area contributed by atoms with Gasteiger partial charge in [0.1, 0.15) is 11.2 Å². The smallest absolute Gasteiger partial charge is 0.141 e. The largest absolute Gasteiger partial charge is 0.376 e. The summed E-state index contributed by atoms with van der Waals surface area (Å²) in [4.78, 5) is 0. The molecule has 2 nitrogen and oxygen atoms in total. The van der Waals surface area contributed by atoms with Gasteiger partial charge in [-0.2, -0.15) is 0 Å². The van der Waals surface area contributed by atoms with Crippen molar-refractivity contribution in [1.82, 2.24) is 0 Å². The molecule has 0 radical (unpaired) electrons. The van der Waals surface area contributed by atoms with Crippen LogP contribution in [0, 0.1) is 0 Å². The lowest BCUT2D eigenvalue weighted by Crippen LogP contribution is -2.44. The summed E-state index contributed by atoms with van der Waals surface area (Å²) in [5.41, 5.74) is 3.99. The average Bonchev–Trinajstić information content (AvgIpc) is 2.94. The molecule has 1 aliphatic rings. The molecule has 0 amide bonds. The minimum Gasteiger partial charge on any atom is -0.376 e. The number of aliphatic hydroxyl groups is 2. The standard InChI is InChI=1S/C34H34Br2O2/c1-3-5-7-23-9-13-25(14-10-23)33(37)29-19-17-28(36)22-32(29)34(38,30-20-18-27(35)21-31(30)33)26-15-11-24(12-16-26)8-6-4-2/h9-22,37-38H,3-8H2,1-2H3. The second kappa shape index (κ2) is 11.1. The fraction of sp³-hybridized carbons (Fsp3) is 0.294. The van der Waals surface area contributed by atoms with Crippen molar-refractivity contribution in [2.24, 2.45) is 0 Å². The van der Waals surface area contributed by atoms with Crippen molar-refractivity contribution in [1.29, 1.82) is 0 Å². The fourth-order valence-electron chi connectivity index (χ4n) is 5.76. The molecule has 0 fully saturated rings.